The number of benzene rings is 1. The number of ether oxygens (including phenoxy) is 1. The van der Waals surface area contributed by atoms with Crippen molar-refractivity contribution in [1.82, 2.24) is 4.98 Å². The van der Waals surface area contributed by atoms with Gasteiger partial charge >= 0.3 is 0 Å². The number of rotatable bonds is 1. The third kappa shape index (κ3) is 1.08. The molecule has 0 spiro atoms. The molecule has 2 rings (SSSR count). The minimum atomic E-state index is 0.924. The first-order chi connectivity index (χ1) is 5.81. The molecule has 2 aromatic rings. The van der Waals surface area contributed by atoms with Gasteiger partial charge in [-0.2, -0.15) is 0 Å². The fraction of sp³-hybridized carbons (Fsp3) is 0.125. The summed E-state index contributed by atoms with van der Waals surface area (Å²) < 4.78 is 6.36. The molecule has 0 bridgehead atoms. The Morgan fingerprint density at radius 2 is 2.33 bits per heavy atom. The molecule has 12 heavy (non-hydrogen) atoms. The Morgan fingerprint density at radius 1 is 1.50 bits per heavy atom. The standard InChI is InChI=1S/C8H8BNOS/c1-11-7-3-5(9)2-6-8(7)12-4-10-6/h2-4H,9H2,1H3. The summed E-state index contributed by atoms with van der Waals surface area (Å²) in [6.45, 7) is 0. The van der Waals surface area contributed by atoms with E-state index in [1.54, 1.807) is 18.4 Å². The van der Waals surface area contributed by atoms with Crippen LogP contribution in [0, 0.1) is 0 Å². The minimum absolute atomic E-state index is 0.924. The summed E-state index contributed by atoms with van der Waals surface area (Å²) in [7, 11) is 3.73. The highest BCUT2D eigenvalue weighted by Gasteiger charge is 2.03. The molecule has 2 nitrogen and oxygen atoms in total. The van der Waals surface area contributed by atoms with Crippen molar-refractivity contribution in [2.24, 2.45) is 0 Å². The molecule has 0 radical (unpaired) electrons. The summed E-state index contributed by atoms with van der Waals surface area (Å²) in [5.74, 6) is 0.924. The number of nitrogens with zero attached hydrogens (tertiary/aromatic N) is 1. The third-order valence-electron chi connectivity index (χ3n) is 1.76. The lowest BCUT2D eigenvalue weighted by Crippen LogP contribution is -2.01. The van der Waals surface area contributed by atoms with Gasteiger partial charge in [-0.25, -0.2) is 4.98 Å². The molecule has 0 aliphatic rings. The third-order valence-corrected chi connectivity index (χ3v) is 2.62. The number of hydrogen-bond donors (Lipinski definition) is 0. The highest BCUT2D eigenvalue weighted by atomic mass is 32.1. The Bertz CT molecular complexity index is 412. The predicted molar refractivity (Wildman–Crippen MR) is 54.4 cm³/mol. The molecular formula is C8H8BNOS. The van der Waals surface area contributed by atoms with Gasteiger partial charge in [-0.1, -0.05) is 5.46 Å². The summed E-state index contributed by atoms with van der Waals surface area (Å²) in [5, 5.41) is 0. The van der Waals surface area contributed by atoms with Crippen molar-refractivity contribution >= 4 is 34.9 Å². The fourth-order valence-electron chi connectivity index (χ4n) is 1.22. The molecule has 60 valence electrons. The van der Waals surface area contributed by atoms with Crippen LogP contribution in [0.4, 0.5) is 0 Å². The lowest BCUT2D eigenvalue weighted by atomic mass is 9.96. The van der Waals surface area contributed by atoms with Crippen molar-refractivity contribution in [1.29, 1.82) is 0 Å². The highest BCUT2D eigenvalue weighted by molar-refractivity contribution is 7.17. The number of thiazole rings is 1. The van der Waals surface area contributed by atoms with E-state index in [4.69, 9.17) is 4.74 Å². The van der Waals surface area contributed by atoms with Gasteiger partial charge in [0.2, 0.25) is 0 Å². The fourth-order valence-corrected chi connectivity index (χ4v) is 1.99. The van der Waals surface area contributed by atoms with Crippen LogP contribution in [0.25, 0.3) is 10.2 Å². The maximum Gasteiger partial charge on any atom is 0.139 e. The van der Waals surface area contributed by atoms with Gasteiger partial charge in [-0.3, -0.25) is 0 Å². The molecule has 1 aromatic heterocycles. The number of aromatic nitrogens is 1. The first kappa shape index (κ1) is 7.62. The van der Waals surface area contributed by atoms with Crippen LogP contribution in [0.1, 0.15) is 0 Å². The van der Waals surface area contributed by atoms with Gasteiger partial charge in [-0.05, 0) is 12.1 Å². The number of methoxy groups -OCH3 is 1. The van der Waals surface area contributed by atoms with Crippen molar-refractivity contribution in [2.45, 2.75) is 0 Å². The maximum atomic E-state index is 5.24. The molecule has 0 unspecified atom stereocenters. The summed E-state index contributed by atoms with van der Waals surface area (Å²) in [6, 6.07) is 4.09. The average Bonchev–Trinajstić information content (AvgIpc) is 2.50. The van der Waals surface area contributed by atoms with Gasteiger partial charge in [0.05, 0.1) is 22.8 Å². The zero-order valence-corrected chi connectivity index (χ0v) is 7.81. The van der Waals surface area contributed by atoms with Gasteiger partial charge < -0.3 is 4.74 Å². The van der Waals surface area contributed by atoms with E-state index in [0.29, 0.717) is 0 Å². The van der Waals surface area contributed by atoms with Crippen LogP contribution in [0.5, 0.6) is 5.75 Å². The van der Waals surface area contributed by atoms with Crippen molar-refractivity contribution < 1.29 is 4.74 Å². The Morgan fingerprint density at radius 3 is 3.08 bits per heavy atom. The smallest absolute Gasteiger partial charge is 0.139 e. The van der Waals surface area contributed by atoms with Crippen LogP contribution in [0.3, 0.4) is 0 Å². The molecule has 1 heterocycles. The van der Waals surface area contributed by atoms with Crippen LogP contribution in [-0.2, 0) is 0 Å². The summed E-state index contributed by atoms with van der Waals surface area (Å²) >= 11 is 1.61. The lowest BCUT2D eigenvalue weighted by Gasteiger charge is -2.01. The van der Waals surface area contributed by atoms with E-state index < -0.39 is 0 Å². The first-order valence-electron chi connectivity index (χ1n) is 3.69. The van der Waals surface area contributed by atoms with Gasteiger partial charge in [0.25, 0.3) is 0 Å². The van der Waals surface area contributed by atoms with E-state index in [1.807, 2.05) is 19.4 Å². The Labute approximate surface area is 75.6 Å². The second-order valence-corrected chi connectivity index (χ2v) is 3.52. The van der Waals surface area contributed by atoms with E-state index >= 15 is 0 Å². The van der Waals surface area contributed by atoms with Gasteiger partial charge in [0, 0.05) is 0 Å². The second kappa shape index (κ2) is 2.79. The van der Waals surface area contributed by atoms with Crippen LogP contribution in [0.15, 0.2) is 17.6 Å². The van der Waals surface area contributed by atoms with Crippen molar-refractivity contribution in [3.63, 3.8) is 0 Å². The monoisotopic (exact) mass is 177 g/mol. The molecule has 0 aliphatic heterocycles. The summed E-state index contributed by atoms with van der Waals surface area (Å²) in [4.78, 5) is 4.23. The molecule has 0 saturated carbocycles. The summed E-state index contributed by atoms with van der Waals surface area (Å²) in [5.41, 5.74) is 4.05. The van der Waals surface area contributed by atoms with E-state index in [9.17, 15) is 0 Å². The van der Waals surface area contributed by atoms with Crippen molar-refractivity contribution in [3.8, 4) is 5.75 Å². The molecular weight excluding hydrogens is 169 g/mol. The predicted octanol–water partition coefficient (Wildman–Crippen LogP) is 0.563. The van der Waals surface area contributed by atoms with E-state index in [2.05, 4.69) is 11.1 Å². The SMILES string of the molecule is Bc1cc(OC)c2scnc2c1. The van der Waals surface area contributed by atoms with Crippen LogP contribution >= 0.6 is 11.3 Å². The molecule has 0 aliphatic carbocycles. The largest absolute Gasteiger partial charge is 0.495 e. The molecule has 0 saturated heterocycles. The quantitative estimate of drug-likeness (QED) is 0.594. The van der Waals surface area contributed by atoms with E-state index in [0.717, 1.165) is 16.0 Å². The summed E-state index contributed by atoms with van der Waals surface area (Å²) in [6.07, 6.45) is 0. The Hall–Kier alpha value is -1.03. The van der Waals surface area contributed by atoms with Crippen LogP contribution in [0.2, 0.25) is 0 Å². The zero-order chi connectivity index (χ0) is 8.55. The van der Waals surface area contributed by atoms with Crippen molar-refractivity contribution in [2.75, 3.05) is 7.11 Å². The average molecular weight is 177 g/mol. The maximum absolute atomic E-state index is 5.24. The van der Waals surface area contributed by atoms with Crippen molar-refractivity contribution in [3.05, 3.63) is 17.6 Å². The van der Waals surface area contributed by atoms with Gasteiger partial charge in [-0.15, -0.1) is 11.3 Å². The lowest BCUT2D eigenvalue weighted by molar-refractivity contribution is 0.421. The first-order valence-corrected chi connectivity index (χ1v) is 4.57. The van der Waals surface area contributed by atoms with E-state index in [1.165, 1.54) is 5.46 Å². The molecule has 1 aromatic carbocycles. The molecule has 0 N–H and O–H groups in total. The van der Waals surface area contributed by atoms with Gasteiger partial charge in [0.15, 0.2) is 0 Å². The zero-order valence-electron chi connectivity index (χ0n) is 7.00. The minimum Gasteiger partial charge on any atom is -0.495 e. The number of fused-ring (bicyclic) bond motifs is 1. The second-order valence-electron chi connectivity index (χ2n) is 2.67. The molecule has 0 amide bonds. The normalized spacial score (nSPS) is 10.4. The highest BCUT2D eigenvalue weighted by Crippen LogP contribution is 2.26. The molecule has 0 fully saturated rings. The van der Waals surface area contributed by atoms with Gasteiger partial charge in [0.1, 0.15) is 13.6 Å². The Balaban J connectivity index is 2.80. The Kier molecular flexibility index (Phi) is 1.77. The van der Waals surface area contributed by atoms with E-state index in [-0.39, 0.29) is 0 Å². The topological polar surface area (TPSA) is 22.1 Å². The molecule has 4 heteroatoms. The molecule has 0 atom stereocenters. The van der Waals surface area contributed by atoms with Crippen LogP contribution in [-0.4, -0.2) is 19.9 Å². The number of hydrogen-bond acceptors (Lipinski definition) is 3. The van der Waals surface area contributed by atoms with Crippen LogP contribution < -0.4 is 10.2 Å².